The van der Waals surface area contributed by atoms with Crippen molar-refractivity contribution in [2.24, 2.45) is 7.05 Å². The third-order valence-corrected chi connectivity index (χ3v) is 10.7. The smallest absolute Gasteiger partial charge is 0.337 e. The first-order valence-electron chi connectivity index (χ1n) is 16.0. The second-order valence-electron chi connectivity index (χ2n) is 13.9. The molecule has 2 saturated heterocycles. The van der Waals surface area contributed by atoms with E-state index in [-0.39, 0.29) is 5.54 Å². The minimum absolute atomic E-state index is 0.144. The van der Waals surface area contributed by atoms with E-state index in [1.54, 1.807) is 11.3 Å². The molecule has 5 aromatic rings. The van der Waals surface area contributed by atoms with Gasteiger partial charge in [-0.2, -0.15) is 5.10 Å². The van der Waals surface area contributed by atoms with E-state index in [0.717, 1.165) is 93.6 Å². The number of fused-ring (bicyclic) bond motifs is 2. The fourth-order valence-electron chi connectivity index (χ4n) is 6.81. The number of aromatic nitrogens is 3. The Hall–Kier alpha value is -3.54. The highest BCUT2D eigenvalue weighted by molar-refractivity contribution is 7.22. The van der Waals surface area contributed by atoms with Crippen LogP contribution in [-0.2, 0) is 21.3 Å². The van der Waals surface area contributed by atoms with Gasteiger partial charge < -0.3 is 19.5 Å². The predicted octanol–water partition coefficient (Wildman–Crippen LogP) is 7.33. The average molecular weight is 674 g/mol. The van der Waals surface area contributed by atoms with Gasteiger partial charge in [0.25, 0.3) is 0 Å². The molecule has 2 aliphatic heterocycles. The quantitative estimate of drug-likeness (QED) is 0.192. The van der Waals surface area contributed by atoms with Gasteiger partial charge in [-0.05, 0) is 82.1 Å². The van der Waals surface area contributed by atoms with Crippen LogP contribution in [0.4, 0.5) is 5.82 Å². The van der Waals surface area contributed by atoms with Crippen LogP contribution < -0.4 is 4.90 Å². The summed E-state index contributed by atoms with van der Waals surface area (Å²) in [7, 11) is 1.99. The molecular formula is C36H40ClN5O4S. The van der Waals surface area contributed by atoms with Crippen LogP contribution in [0.1, 0.15) is 44.9 Å². The van der Waals surface area contributed by atoms with Crippen molar-refractivity contribution in [2.45, 2.75) is 51.9 Å². The van der Waals surface area contributed by atoms with Crippen LogP contribution >= 0.6 is 22.9 Å². The number of ether oxygens (including phenoxy) is 2. The highest BCUT2D eigenvalue weighted by Crippen LogP contribution is 2.45. The van der Waals surface area contributed by atoms with Crippen molar-refractivity contribution in [3.63, 3.8) is 0 Å². The van der Waals surface area contributed by atoms with Crippen molar-refractivity contribution in [1.29, 1.82) is 0 Å². The maximum Gasteiger partial charge on any atom is 0.337 e. The standard InChI is InChI=1S/C36H40ClN5O4S/c1-21-17-26-31(29(22-7-10-24(37)11-8-22)28(21)30(34(43)44)46-35(2,3)4)47-33(38-26)23-9-12-27-25(18-23)32(39-40(27)6)41-13-15-42(16-14-41)36(5)19-45-20-36/h7-12,17-18,30H,13-16,19-20H2,1-6H3,(H,43,44). The fraction of sp³-hybridized carbons (Fsp3) is 0.417. The van der Waals surface area contributed by atoms with Gasteiger partial charge in [-0.25, -0.2) is 9.78 Å². The normalized spacial score (nSPS) is 17.7. The number of aliphatic carboxylic acids is 1. The average Bonchev–Trinajstić information content (AvgIpc) is 3.58. The molecule has 7 rings (SSSR count). The Morgan fingerprint density at radius 1 is 1.06 bits per heavy atom. The lowest BCUT2D eigenvalue weighted by Crippen LogP contribution is -2.64. The summed E-state index contributed by atoms with van der Waals surface area (Å²) < 4.78 is 14.6. The van der Waals surface area contributed by atoms with Gasteiger partial charge in [0.15, 0.2) is 11.9 Å². The summed E-state index contributed by atoms with van der Waals surface area (Å²) in [4.78, 5) is 22.8. The summed E-state index contributed by atoms with van der Waals surface area (Å²) in [5.74, 6) is -0.0448. The number of piperazine rings is 1. The van der Waals surface area contributed by atoms with Crippen molar-refractivity contribution in [1.82, 2.24) is 19.7 Å². The molecule has 2 fully saturated rings. The zero-order valence-corrected chi connectivity index (χ0v) is 29.2. The lowest BCUT2D eigenvalue weighted by molar-refractivity contribution is -0.160. The van der Waals surface area contributed by atoms with Crippen LogP contribution in [0, 0.1) is 6.92 Å². The van der Waals surface area contributed by atoms with Crippen LogP contribution in [-0.4, -0.2) is 81.3 Å². The number of aryl methyl sites for hydroxylation is 2. The third kappa shape index (κ3) is 5.91. The number of carbonyl (C=O) groups is 1. The Kier molecular flexibility index (Phi) is 8.08. The van der Waals surface area contributed by atoms with E-state index in [0.29, 0.717) is 10.6 Å². The number of hydrogen-bond donors (Lipinski definition) is 1. The minimum Gasteiger partial charge on any atom is -0.479 e. The first kappa shape index (κ1) is 32.0. The zero-order chi connectivity index (χ0) is 33.2. The topological polar surface area (TPSA) is 93.0 Å². The Labute approximate surface area is 283 Å². The molecule has 11 heteroatoms. The van der Waals surface area contributed by atoms with E-state index >= 15 is 0 Å². The Morgan fingerprint density at radius 2 is 1.74 bits per heavy atom. The molecule has 3 aromatic carbocycles. The van der Waals surface area contributed by atoms with E-state index < -0.39 is 17.7 Å². The molecule has 9 nitrogen and oxygen atoms in total. The summed E-state index contributed by atoms with van der Waals surface area (Å²) in [5, 5.41) is 17.9. The molecule has 2 aromatic heterocycles. The van der Waals surface area contributed by atoms with Crippen molar-refractivity contribution < 1.29 is 19.4 Å². The molecule has 47 heavy (non-hydrogen) atoms. The number of thiazole rings is 1. The minimum atomic E-state index is -1.16. The highest BCUT2D eigenvalue weighted by atomic mass is 35.5. The van der Waals surface area contributed by atoms with E-state index in [2.05, 4.69) is 34.9 Å². The van der Waals surface area contributed by atoms with Gasteiger partial charge in [-0.1, -0.05) is 23.7 Å². The first-order chi connectivity index (χ1) is 22.3. The maximum absolute atomic E-state index is 12.7. The molecule has 1 unspecified atom stereocenters. The van der Waals surface area contributed by atoms with Gasteiger partial charge >= 0.3 is 5.97 Å². The van der Waals surface area contributed by atoms with Crippen LogP contribution in [0.25, 0.3) is 42.8 Å². The number of hydrogen-bond acceptors (Lipinski definition) is 8. The number of benzene rings is 3. The number of rotatable bonds is 7. The third-order valence-electron chi connectivity index (χ3n) is 9.27. The second kappa shape index (κ2) is 11.9. The molecular weight excluding hydrogens is 634 g/mol. The number of anilines is 1. The summed E-state index contributed by atoms with van der Waals surface area (Å²) in [6, 6.07) is 15.9. The number of carboxylic acid groups (broad SMARTS) is 1. The van der Waals surface area contributed by atoms with Crippen molar-refractivity contribution in [3.05, 3.63) is 64.7 Å². The molecule has 2 aliphatic rings. The van der Waals surface area contributed by atoms with Crippen LogP contribution in [0.15, 0.2) is 48.5 Å². The van der Waals surface area contributed by atoms with Crippen molar-refractivity contribution in [3.8, 4) is 21.7 Å². The van der Waals surface area contributed by atoms with E-state index in [4.69, 9.17) is 31.2 Å². The van der Waals surface area contributed by atoms with E-state index in [9.17, 15) is 9.90 Å². The number of nitrogens with zero attached hydrogens (tertiary/aromatic N) is 5. The first-order valence-corrected chi connectivity index (χ1v) is 17.2. The van der Waals surface area contributed by atoms with E-state index in [1.165, 1.54) is 0 Å². The summed E-state index contributed by atoms with van der Waals surface area (Å²) in [6.07, 6.45) is -1.16. The Bertz CT molecular complexity index is 1980. The summed E-state index contributed by atoms with van der Waals surface area (Å²) >= 11 is 7.84. The van der Waals surface area contributed by atoms with Gasteiger partial charge in [0.2, 0.25) is 0 Å². The SMILES string of the molecule is Cc1cc2nc(-c3ccc4c(c3)c(N3CCN(C5(C)COC5)CC3)nn4C)sc2c(-c2ccc(Cl)cc2)c1C(OC(C)(C)C)C(=O)O. The number of halogens is 1. The van der Waals surface area contributed by atoms with Gasteiger partial charge in [0.1, 0.15) is 5.01 Å². The monoisotopic (exact) mass is 673 g/mol. The molecule has 0 amide bonds. The molecule has 4 heterocycles. The lowest BCUT2D eigenvalue weighted by atomic mass is 9.91. The number of carboxylic acids is 1. The molecule has 0 bridgehead atoms. The summed E-state index contributed by atoms with van der Waals surface area (Å²) in [5.41, 5.74) is 5.45. The van der Waals surface area contributed by atoms with Gasteiger partial charge in [-0.3, -0.25) is 9.58 Å². The lowest BCUT2D eigenvalue weighted by Gasteiger charge is -2.50. The van der Waals surface area contributed by atoms with Crippen LogP contribution in [0.3, 0.4) is 0 Å². The molecule has 0 aliphatic carbocycles. The molecule has 0 saturated carbocycles. The highest BCUT2D eigenvalue weighted by Gasteiger charge is 2.41. The van der Waals surface area contributed by atoms with Gasteiger partial charge in [0.05, 0.1) is 40.1 Å². The van der Waals surface area contributed by atoms with Crippen molar-refractivity contribution in [2.75, 3.05) is 44.3 Å². The fourth-order valence-corrected chi connectivity index (χ4v) is 8.06. The van der Waals surface area contributed by atoms with Gasteiger partial charge in [-0.15, -0.1) is 11.3 Å². The van der Waals surface area contributed by atoms with Gasteiger partial charge in [0, 0.05) is 60.3 Å². The summed E-state index contributed by atoms with van der Waals surface area (Å²) in [6.45, 7) is 15.2. The molecule has 0 spiro atoms. The zero-order valence-electron chi connectivity index (χ0n) is 27.6. The Morgan fingerprint density at radius 3 is 2.36 bits per heavy atom. The second-order valence-corrected chi connectivity index (χ2v) is 15.4. The van der Waals surface area contributed by atoms with Crippen LogP contribution in [0.2, 0.25) is 5.02 Å². The molecule has 246 valence electrons. The predicted molar refractivity (Wildman–Crippen MR) is 189 cm³/mol. The van der Waals surface area contributed by atoms with Crippen molar-refractivity contribution >= 4 is 55.8 Å². The Balaban J connectivity index is 1.32. The maximum atomic E-state index is 12.7. The molecule has 1 atom stereocenters. The van der Waals surface area contributed by atoms with E-state index in [1.807, 2.05) is 69.8 Å². The largest absolute Gasteiger partial charge is 0.479 e. The molecule has 0 radical (unpaired) electrons. The molecule has 1 N–H and O–H groups in total. The van der Waals surface area contributed by atoms with Crippen LogP contribution in [0.5, 0.6) is 0 Å².